The quantitative estimate of drug-likeness (QED) is 0.662. The van der Waals surface area contributed by atoms with E-state index in [-0.39, 0.29) is 30.5 Å². The second-order valence-electron chi connectivity index (χ2n) is 6.91. The molecule has 0 atom stereocenters. The van der Waals surface area contributed by atoms with Gasteiger partial charge in [0.2, 0.25) is 10.0 Å². The van der Waals surface area contributed by atoms with Crippen molar-refractivity contribution in [1.82, 2.24) is 9.21 Å². The Bertz CT molecular complexity index is 1000. The number of methoxy groups -OCH3 is 2. The van der Waals surface area contributed by atoms with Gasteiger partial charge in [-0.15, -0.1) is 0 Å². The zero-order chi connectivity index (χ0) is 21.7. The summed E-state index contributed by atoms with van der Waals surface area (Å²) >= 11 is 0. The fourth-order valence-electron chi connectivity index (χ4n) is 3.25. The van der Waals surface area contributed by atoms with Crippen LogP contribution in [0.2, 0.25) is 0 Å². The summed E-state index contributed by atoms with van der Waals surface area (Å²) in [5.41, 5.74) is 1.05. The van der Waals surface area contributed by atoms with E-state index in [0.29, 0.717) is 30.3 Å². The first-order valence-electron chi connectivity index (χ1n) is 9.54. The predicted molar refractivity (Wildman–Crippen MR) is 112 cm³/mol. The van der Waals surface area contributed by atoms with Gasteiger partial charge in [0.1, 0.15) is 5.75 Å². The molecule has 1 aliphatic rings. The first kappa shape index (κ1) is 21.9. The molecule has 0 unspecified atom stereocenters. The van der Waals surface area contributed by atoms with Crippen molar-refractivity contribution in [3.63, 3.8) is 0 Å². The van der Waals surface area contributed by atoms with E-state index in [2.05, 4.69) is 0 Å². The molecule has 30 heavy (non-hydrogen) atoms. The van der Waals surface area contributed by atoms with Crippen LogP contribution in [0.3, 0.4) is 0 Å². The summed E-state index contributed by atoms with van der Waals surface area (Å²) in [6.07, 6.45) is 0. The topological polar surface area (TPSA) is 85.4 Å². The highest BCUT2D eigenvalue weighted by molar-refractivity contribution is 7.89. The lowest BCUT2D eigenvalue weighted by Gasteiger charge is -2.34. The number of aryl methyl sites for hydroxylation is 1. The van der Waals surface area contributed by atoms with Crippen LogP contribution in [0.15, 0.2) is 47.4 Å². The maximum Gasteiger partial charge on any atom is 0.260 e. The molecule has 0 radical (unpaired) electrons. The second-order valence-corrected chi connectivity index (χ2v) is 8.84. The van der Waals surface area contributed by atoms with E-state index in [0.717, 1.165) is 5.56 Å². The minimum Gasteiger partial charge on any atom is -0.493 e. The van der Waals surface area contributed by atoms with Crippen molar-refractivity contribution in [3.05, 3.63) is 48.0 Å². The van der Waals surface area contributed by atoms with Crippen molar-refractivity contribution >= 4 is 15.9 Å². The van der Waals surface area contributed by atoms with Crippen LogP contribution in [0.1, 0.15) is 5.56 Å². The third-order valence-corrected chi connectivity index (χ3v) is 6.83. The summed E-state index contributed by atoms with van der Waals surface area (Å²) in [6.45, 7) is 2.92. The van der Waals surface area contributed by atoms with Crippen molar-refractivity contribution in [3.8, 4) is 17.2 Å². The van der Waals surface area contributed by atoms with Gasteiger partial charge >= 0.3 is 0 Å². The number of carbonyl (C=O) groups is 1. The fourth-order valence-corrected chi connectivity index (χ4v) is 4.68. The minimum absolute atomic E-state index is 0.0775. The molecule has 2 aromatic rings. The van der Waals surface area contributed by atoms with E-state index in [4.69, 9.17) is 14.2 Å². The summed E-state index contributed by atoms with van der Waals surface area (Å²) in [6, 6.07) is 12.0. The SMILES string of the molecule is COc1ccc(S(=O)(=O)N2CCN(C(=O)COc3cccc(C)c3)CC2)cc1OC. The van der Waals surface area contributed by atoms with Crippen LogP contribution in [-0.4, -0.2) is 70.5 Å². The van der Waals surface area contributed by atoms with E-state index in [1.807, 2.05) is 25.1 Å². The largest absolute Gasteiger partial charge is 0.493 e. The lowest BCUT2D eigenvalue weighted by molar-refractivity contribution is -0.134. The maximum absolute atomic E-state index is 13.0. The van der Waals surface area contributed by atoms with Crippen LogP contribution in [0, 0.1) is 6.92 Å². The van der Waals surface area contributed by atoms with Gasteiger partial charge in [-0.05, 0) is 36.8 Å². The maximum atomic E-state index is 13.0. The van der Waals surface area contributed by atoms with Crippen LogP contribution >= 0.6 is 0 Å². The Morgan fingerprint density at radius 3 is 2.30 bits per heavy atom. The van der Waals surface area contributed by atoms with E-state index in [1.165, 1.54) is 30.7 Å². The number of carbonyl (C=O) groups excluding carboxylic acids is 1. The number of sulfonamides is 1. The van der Waals surface area contributed by atoms with Crippen molar-refractivity contribution < 1.29 is 27.4 Å². The number of hydrogen-bond acceptors (Lipinski definition) is 6. The first-order valence-corrected chi connectivity index (χ1v) is 11.0. The lowest BCUT2D eigenvalue weighted by atomic mass is 10.2. The highest BCUT2D eigenvalue weighted by Gasteiger charge is 2.30. The third kappa shape index (κ3) is 4.85. The van der Waals surface area contributed by atoms with Gasteiger partial charge in [0, 0.05) is 32.2 Å². The molecule has 3 rings (SSSR count). The van der Waals surface area contributed by atoms with Gasteiger partial charge in [0.15, 0.2) is 18.1 Å². The zero-order valence-electron chi connectivity index (χ0n) is 17.3. The Labute approximate surface area is 177 Å². The Hall–Kier alpha value is -2.78. The number of ether oxygens (including phenoxy) is 3. The van der Waals surface area contributed by atoms with E-state index in [1.54, 1.807) is 17.0 Å². The molecular formula is C21H26N2O6S. The van der Waals surface area contributed by atoms with Gasteiger partial charge in [-0.1, -0.05) is 12.1 Å². The number of benzene rings is 2. The summed E-state index contributed by atoms with van der Waals surface area (Å²) in [7, 11) is -0.753. The number of piperazine rings is 1. The van der Waals surface area contributed by atoms with Gasteiger partial charge in [-0.2, -0.15) is 4.31 Å². The molecule has 2 aromatic carbocycles. The fraction of sp³-hybridized carbons (Fsp3) is 0.381. The number of nitrogens with zero attached hydrogens (tertiary/aromatic N) is 2. The van der Waals surface area contributed by atoms with Gasteiger partial charge < -0.3 is 19.1 Å². The highest BCUT2D eigenvalue weighted by atomic mass is 32.2. The van der Waals surface area contributed by atoms with Crippen LogP contribution in [0.5, 0.6) is 17.2 Å². The molecule has 162 valence electrons. The molecule has 1 aliphatic heterocycles. The molecule has 9 heteroatoms. The summed E-state index contributed by atoms with van der Waals surface area (Å²) in [4.78, 5) is 14.2. The average molecular weight is 435 g/mol. The minimum atomic E-state index is -3.70. The first-order chi connectivity index (χ1) is 14.3. The van der Waals surface area contributed by atoms with Gasteiger partial charge in [0.05, 0.1) is 19.1 Å². The molecule has 1 amide bonds. The second kappa shape index (κ2) is 9.36. The Kier molecular flexibility index (Phi) is 6.84. The van der Waals surface area contributed by atoms with Crippen LogP contribution < -0.4 is 14.2 Å². The van der Waals surface area contributed by atoms with Crippen molar-refractivity contribution in [1.29, 1.82) is 0 Å². The summed E-state index contributed by atoms with van der Waals surface area (Å²) in [5, 5.41) is 0. The standard InChI is InChI=1S/C21H26N2O6S/c1-16-5-4-6-17(13-16)29-15-21(24)22-9-11-23(12-10-22)30(25,26)18-7-8-19(27-2)20(14-18)28-3/h4-8,13-14H,9-12,15H2,1-3H3. The average Bonchev–Trinajstić information content (AvgIpc) is 2.77. The van der Waals surface area contributed by atoms with E-state index >= 15 is 0 Å². The number of rotatable bonds is 7. The van der Waals surface area contributed by atoms with E-state index < -0.39 is 10.0 Å². The molecule has 1 saturated heterocycles. The molecule has 0 spiro atoms. The highest BCUT2D eigenvalue weighted by Crippen LogP contribution is 2.30. The van der Waals surface area contributed by atoms with Crippen molar-refractivity contribution in [2.45, 2.75) is 11.8 Å². The molecule has 0 N–H and O–H groups in total. The molecule has 0 saturated carbocycles. The van der Waals surface area contributed by atoms with Crippen molar-refractivity contribution in [2.24, 2.45) is 0 Å². The predicted octanol–water partition coefficient (Wildman–Crippen LogP) is 1.92. The normalized spacial score (nSPS) is 15.0. The van der Waals surface area contributed by atoms with Gasteiger partial charge in [-0.25, -0.2) is 8.42 Å². The third-order valence-electron chi connectivity index (χ3n) is 4.94. The molecular weight excluding hydrogens is 408 g/mol. The van der Waals surface area contributed by atoms with Gasteiger partial charge in [-0.3, -0.25) is 4.79 Å². The summed E-state index contributed by atoms with van der Waals surface area (Å²) < 4.78 is 43.3. The molecule has 1 heterocycles. The van der Waals surface area contributed by atoms with E-state index in [9.17, 15) is 13.2 Å². The molecule has 0 aromatic heterocycles. The summed E-state index contributed by atoms with van der Waals surface area (Å²) in [5.74, 6) is 1.28. The van der Waals surface area contributed by atoms with Crippen molar-refractivity contribution in [2.75, 3.05) is 47.0 Å². The Morgan fingerprint density at radius 2 is 1.67 bits per heavy atom. The molecule has 1 fully saturated rings. The number of hydrogen-bond donors (Lipinski definition) is 0. The smallest absolute Gasteiger partial charge is 0.260 e. The molecule has 8 nitrogen and oxygen atoms in total. The lowest BCUT2D eigenvalue weighted by Crippen LogP contribution is -2.51. The van der Waals surface area contributed by atoms with Crippen LogP contribution in [-0.2, 0) is 14.8 Å². The Morgan fingerprint density at radius 1 is 0.967 bits per heavy atom. The number of amides is 1. The van der Waals surface area contributed by atoms with Crippen LogP contribution in [0.4, 0.5) is 0 Å². The monoisotopic (exact) mass is 434 g/mol. The molecule has 0 bridgehead atoms. The zero-order valence-corrected chi connectivity index (χ0v) is 18.1. The Balaban J connectivity index is 1.59. The van der Waals surface area contributed by atoms with Gasteiger partial charge in [0.25, 0.3) is 5.91 Å². The molecule has 0 aliphatic carbocycles. The van der Waals surface area contributed by atoms with Crippen LogP contribution in [0.25, 0.3) is 0 Å².